The van der Waals surface area contributed by atoms with Gasteiger partial charge in [0.25, 0.3) is 0 Å². The molecule has 1 aromatic carbocycles. The fourth-order valence-corrected chi connectivity index (χ4v) is 3.74. The lowest BCUT2D eigenvalue weighted by Crippen LogP contribution is -2.17. The molecule has 6 nitrogen and oxygen atoms in total. The van der Waals surface area contributed by atoms with Crippen LogP contribution in [0.1, 0.15) is 27.3 Å². The summed E-state index contributed by atoms with van der Waals surface area (Å²) in [7, 11) is 1.89. The first-order valence-corrected chi connectivity index (χ1v) is 11.7. The van der Waals surface area contributed by atoms with Crippen LogP contribution in [0.4, 0.5) is 24.0 Å². The average Bonchev–Trinajstić information content (AvgIpc) is 3.17. The first kappa shape index (κ1) is 25.8. The number of carbonyl (C=O) groups excluding carboxylic acids is 1. The third-order valence-corrected chi connectivity index (χ3v) is 6.09. The summed E-state index contributed by atoms with van der Waals surface area (Å²) in [6.45, 7) is 0.176. The molecule has 2 heterocycles. The molecule has 0 radical (unpaired) electrons. The van der Waals surface area contributed by atoms with Crippen molar-refractivity contribution < 1.29 is 18.0 Å². The molecule has 0 aliphatic carbocycles. The molecule has 0 unspecified atom stereocenters. The predicted molar refractivity (Wildman–Crippen MR) is 124 cm³/mol. The van der Waals surface area contributed by atoms with E-state index in [4.69, 9.17) is 5.26 Å². The minimum Gasteiger partial charge on any atom is -0.313 e. The Morgan fingerprint density at radius 2 is 1.94 bits per heavy atom. The molecule has 0 aliphatic heterocycles. The molecule has 32 heavy (non-hydrogen) atoms. The second-order valence-corrected chi connectivity index (χ2v) is 9.09. The van der Waals surface area contributed by atoms with Crippen molar-refractivity contribution in [3.8, 4) is 6.07 Å². The topological polar surface area (TPSA) is 81.9 Å². The van der Waals surface area contributed by atoms with E-state index in [1.807, 2.05) is 19.4 Å². The van der Waals surface area contributed by atoms with Crippen LogP contribution >= 0.6 is 39.2 Å². The van der Waals surface area contributed by atoms with Crippen molar-refractivity contribution in [1.29, 1.82) is 5.26 Å². The maximum atomic E-state index is 12.7. The van der Waals surface area contributed by atoms with Crippen molar-refractivity contribution in [3.05, 3.63) is 68.9 Å². The zero-order valence-electron chi connectivity index (χ0n) is 16.9. The fourth-order valence-electron chi connectivity index (χ4n) is 2.34. The smallest absolute Gasteiger partial charge is 0.313 e. The highest BCUT2D eigenvalue weighted by molar-refractivity contribution is 9.11. The summed E-state index contributed by atoms with van der Waals surface area (Å²) >= 11 is 6.10. The van der Waals surface area contributed by atoms with Gasteiger partial charge < -0.3 is 4.90 Å². The number of carbonyl (C=O) groups is 1. The summed E-state index contributed by atoms with van der Waals surface area (Å²) in [5.74, 6) is 0. The van der Waals surface area contributed by atoms with Gasteiger partial charge in [-0.1, -0.05) is 29.4 Å². The molecule has 0 fully saturated rings. The second-order valence-electron chi connectivity index (χ2n) is 5.98. The lowest BCUT2D eigenvalue weighted by atomic mass is 10.2. The SMILES string of the molecule is CNSC.N#Cc1ccc(N(Cc2ccc(C(F)(F)F)nc2)c2nc(C=O)c(Br)s2)cc1. The summed E-state index contributed by atoms with van der Waals surface area (Å²) in [5, 5.41) is 9.43. The van der Waals surface area contributed by atoms with Gasteiger partial charge in [0.1, 0.15) is 15.2 Å². The first-order valence-electron chi connectivity index (χ1n) is 8.84. The Morgan fingerprint density at radius 1 is 1.28 bits per heavy atom. The third kappa shape index (κ3) is 7.03. The van der Waals surface area contributed by atoms with Crippen molar-refractivity contribution in [3.63, 3.8) is 0 Å². The third-order valence-electron chi connectivity index (χ3n) is 3.91. The fraction of sp³-hybridized carbons (Fsp3) is 0.200. The van der Waals surface area contributed by atoms with E-state index in [2.05, 4.69) is 30.6 Å². The number of nitrogens with one attached hydrogen (secondary N) is 1. The molecule has 0 aliphatic rings. The first-order chi connectivity index (χ1) is 15.2. The van der Waals surface area contributed by atoms with Crippen LogP contribution < -0.4 is 9.62 Å². The molecule has 2 aromatic heterocycles. The quantitative estimate of drug-likeness (QED) is 0.309. The van der Waals surface area contributed by atoms with E-state index in [0.717, 1.165) is 12.3 Å². The van der Waals surface area contributed by atoms with Gasteiger partial charge in [-0.05, 0) is 65.1 Å². The summed E-state index contributed by atoms with van der Waals surface area (Å²) in [6, 6.07) is 10.9. The molecule has 0 atom stereocenters. The zero-order valence-corrected chi connectivity index (χ0v) is 20.1. The highest BCUT2D eigenvalue weighted by Gasteiger charge is 2.32. The molecule has 0 amide bonds. The van der Waals surface area contributed by atoms with Gasteiger partial charge in [-0.3, -0.25) is 14.5 Å². The van der Waals surface area contributed by atoms with Crippen LogP contribution in [0.2, 0.25) is 0 Å². The van der Waals surface area contributed by atoms with Crippen molar-refractivity contribution >= 4 is 56.3 Å². The Hall–Kier alpha value is -2.46. The van der Waals surface area contributed by atoms with Crippen LogP contribution in [0.3, 0.4) is 0 Å². The summed E-state index contributed by atoms with van der Waals surface area (Å²) in [5.41, 5.74) is 0.910. The molecule has 168 valence electrons. The molecule has 0 saturated heterocycles. The van der Waals surface area contributed by atoms with Crippen LogP contribution in [0.25, 0.3) is 0 Å². The van der Waals surface area contributed by atoms with Gasteiger partial charge >= 0.3 is 6.18 Å². The maximum absolute atomic E-state index is 12.7. The molecule has 0 bridgehead atoms. The number of thiazole rings is 1. The van der Waals surface area contributed by atoms with Gasteiger partial charge in [-0.15, -0.1) is 0 Å². The van der Waals surface area contributed by atoms with Crippen LogP contribution in [0.5, 0.6) is 0 Å². The molecule has 12 heteroatoms. The summed E-state index contributed by atoms with van der Waals surface area (Å²) < 4.78 is 41.6. The van der Waals surface area contributed by atoms with Gasteiger partial charge in [0.15, 0.2) is 11.4 Å². The standard InChI is InChI=1S/C18H10BrF3N4OS.C2H7NS/c19-16-14(10-27)25-17(28-16)26(13-4-1-11(7-23)2-5-13)9-12-3-6-15(24-8-12)18(20,21)22;1-3-4-2/h1-6,8,10H,9H2;3H,1-2H3. The van der Waals surface area contributed by atoms with Gasteiger partial charge in [0.05, 0.1) is 18.2 Å². The number of halogens is 4. The second kappa shape index (κ2) is 12.0. The summed E-state index contributed by atoms with van der Waals surface area (Å²) in [4.78, 5) is 20.6. The van der Waals surface area contributed by atoms with Crippen LogP contribution in [-0.4, -0.2) is 29.6 Å². The number of rotatable bonds is 6. The van der Waals surface area contributed by atoms with Gasteiger partial charge in [-0.25, -0.2) is 4.98 Å². The van der Waals surface area contributed by atoms with Crippen LogP contribution in [-0.2, 0) is 12.7 Å². The van der Waals surface area contributed by atoms with Crippen molar-refractivity contribution in [1.82, 2.24) is 14.7 Å². The van der Waals surface area contributed by atoms with Gasteiger partial charge in [0.2, 0.25) is 0 Å². The number of anilines is 2. The van der Waals surface area contributed by atoms with Gasteiger partial charge in [-0.2, -0.15) is 18.4 Å². The molecule has 3 aromatic rings. The molecule has 0 spiro atoms. The highest BCUT2D eigenvalue weighted by Crippen LogP contribution is 2.36. The number of aldehydes is 1. The van der Waals surface area contributed by atoms with E-state index >= 15 is 0 Å². The molecular formula is C20H17BrF3N5OS2. The van der Waals surface area contributed by atoms with Crippen molar-refractivity contribution in [2.75, 3.05) is 18.2 Å². The zero-order chi connectivity index (χ0) is 23.7. The van der Waals surface area contributed by atoms with Crippen LogP contribution in [0, 0.1) is 11.3 Å². The number of hydrogen-bond donors (Lipinski definition) is 1. The van der Waals surface area contributed by atoms with E-state index in [-0.39, 0.29) is 12.2 Å². The molecule has 0 saturated carbocycles. The Morgan fingerprint density at radius 3 is 2.38 bits per heavy atom. The minimum atomic E-state index is -4.51. The van der Waals surface area contributed by atoms with Crippen LogP contribution in [0.15, 0.2) is 46.4 Å². The largest absolute Gasteiger partial charge is 0.433 e. The Bertz CT molecular complexity index is 1060. The minimum absolute atomic E-state index is 0.176. The van der Waals surface area contributed by atoms with E-state index in [9.17, 15) is 18.0 Å². The normalized spacial score (nSPS) is 10.7. The number of hydrogen-bond acceptors (Lipinski definition) is 8. The van der Waals surface area contributed by atoms with E-state index in [0.29, 0.717) is 32.0 Å². The number of pyridine rings is 1. The van der Waals surface area contributed by atoms with Crippen molar-refractivity contribution in [2.45, 2.75) is 12.7 Å². The number of benzene rings is 1. The number of aromatic nitrogens is 2. The van der Waals surface area contributed by atoms with Crippen molar-refractivity contribution in [2.24, 2.45) is 0 Å². The van der Waals surface area contributed by atoms with E-state index in [1.54, 1.807) is 41.1 Å². The molecule has 1 N–H and O–H groups in total. The van der Waals surface area contributed by atoms with E-state index in [1.165, 1.54) is 17.4 Å². The Balaban J connectivity index is 0.000000837. The monoisotopic (exact) mass is 543 g/mol. The number of alkyl halides is 3. The Kier molecular flexibility index (Phi) is 9.64. The lowest BCUT2D eigenvalue weighted by Gasteiger charge is -2.22. The molecule has 3 rings (SSSR count). The molecular weight excluding hydrogens is 527 g/mol. The summed E-state index contributed by atoms with van der Waals surface area (Å²) in [6.07, 6.45) is -0.756. The highest BCUT2D eigenvalue weighted by atomic mass is 79.9. The lowest BCUT2D eigenvalue weighted by molar-refractivity contribution is -0.141. The maximum Gasteiger partial charge on any atom is 0.433 e. The van der Waals surface area contributed by atoms with Gasteiger partial charge in [0, 0.05) is 11.9 Å². The average molecular weight is 544 g/mol. The number of nitrogens with zero attached hydrogens (tertiary/aromatic N) is 4. The van der Waals surface area contributed by atoms with E-state index < -0.39 is 11.9 Å². The number of nitriles is 1. The predicted octanol–water partition coefficient (Wildman–Crippen LogP) is 5.83. The Labute approximate surface area is 199 Å².